The predicted molar refractivity (Wildman–Crippen MR) is 79.1 cm³/mol. The Hall–Kier alpha value is -2.76. The molecule has 0 aliphatic heterocycles. The Morgan fingerprint density at radius 3 is 2.86 bits per heavy atom. The summed E-state index contributed by atoms with van der Waals surface area (Å²) in [7, 11) is 0. The third kappa shape index (κ3) is 1.87. The minimum absolute atomic E-state index is 0.0163. The molecule has 1 aromatic carbocycles. The highest BCUT2D eigenvalue weighted by atomic mass is 15.4. The quantitative estimate of drug-likeness (QED) is 0.565. The van der Waals surface area contributed by atoms with Crippen molar-refractivity contribution in [3.05, 3.63) is 54.4 Å². The smallest absolute Gasteiger partial charge is 0.176 e. The van der Waals surface area contributed by atoms with Gasteiger partial charge in [-0.05, 0) is 31.5 Å². The summed E-state index contributed by atoms with van der Waals surface area (Å²) in [5.74, 6) is 0.733. The molecule has 3 aromatic heterocycles. The van der Waals surface area contributed by atoms with Crippen LogP contribution in [0.5, 0.6) is 0 Å². The van der Waals surface area contributed by atoms with Crippen LogP contribution in [0.1, 0.15) is 24.4 Å². The highest BCUT2D eigenvalue weighted by molar-refractivity contribution is 5.90. The third-order valence-corrected chi connectivity index (χ3v) is 3.60. The van der Waals surface area contributed by atoms with Crippen molar-refractivity contribution < 1.29 is 0 Å². The van der Waals surface area contributed by atoms with Crippen LogP contribution < -0.4 is 0 Å². The molecule has 4 aromatic rings. The van der Waals surface area contributed by atoms with E-state index in [4.69, 9.17) is 0 Å². The summed E-state index contributed by atoms with van der Waals surface area (Å²) in [6.45, 7) is 4.06. The lowest BCUT2D eigenvalue weighted by atomic mass is 10.2. The van der Waals surface area contributed by atoms with E-state index in [0.29, 0.717) is 0 Å². The SMILES string of the molecule is Cc1cnn(C(C)c2nc3c4ccccc4ncn3n2)c1. The molecule has 3 heterocycles. The summed E-state index contributed by atoms with van der Waals surface area (Å²) in [5.41, 5.74) is 2.87. The highest BCUT2D eigenvalue weighted by Gasteiger charge is 2.16. The van der Waals surface area contributed by atoms with E-state index in [0.717, 1.165) is 27.9 Å². The molecule has 104 valence electrons. The first-order chi connectivity index (χ1) is 10.2. The molecular formula is C15H14N6. The Labute approximate surface area is 121 Å². The normalized spacial score (nSPS) is 13.0. The van der Waals surface area contributed by atoms with Crippen LogP contribution in [0.25, 0.3) is 16.6 Å². The Balaban J connectivity index is 1.88. The van der Waals surface area contributed by atoms with Gasteiger partial charge in [-0.2, -0.15) is 5.10 Å². The molecule has 0 fully saturated rings. The molecule has 6 nitrogen and oxygen atoms in total. The van der Waals surface area contributed by atoms with Crippen LogP contribution in [0.2, 0.25) is 0 Å². The topological polar surface area (TPSA) is 60.9 Å². The van der Waals surface area contributed by atoms with Crippen LogP contribution >= 0.6 is 0 Å². The number of fused-ring (bicyclic) bond motifs is 3. The molecule has 0 bridgehead atoms. The minimum atomic E-state index is -0.0163. The summed E-state index contributed by atoms with van der Waals surface area (Å²) >= 11 is 0. The number of aryl methyl sites for hydroxylation is 1. The number of nitrogens with zero attached hydrogens (tertiary/aromatic N) is 6. The van der Waals surface area contributed by atoms with Gasteiger partial charge in [0.1, 0.15) is 12.4 Å². The molecule has 4 rings (SSSR count). The molecule has 0 radical (unpaired) electrons. The van der Waals surface area contributed by atoms with Crippen molar-refractivity contribution in [3.63, 3.8) is 0 Å². The van der Waals surface area contributed by atoms with Gasteiger partial charge in [0.05, 0.1) is 11.7 Å². The van der Waals surface area contributed by atoms with Crippen molar-refractivity contribution in [1.82, 2.24) is 29.4 Å². The number of aromatic nitrogens is 6. The Morgan fingerprint density at radius 2 is 2.05 bits per heavy atom. The summed E-state index contributed by atoms with van der Waals surface area (Å²) < 4.78 is 3.60. The van der Waals surface area contributed by atoms with Gasteiger partial charge in [-0.25, -0.2) is 14.5 Å². The number of benzene rings is 1. The summed E-state index contributed by atoms with van der Waals surface area (Å²) in [4.78, 5) is 9.07. The maximum atomic E-state index is 4.68. The van der Waals surface area contributed by atoms with Crippen molar-refractivity contribution in [2.24, 2.45) is 0 Å². The zero-order chi connectivity index (χ0) is 14.4. The Bertz CT molecular complexity index is 936. The van der Waals surface area contributed by atoms with E-state index in [1.54, 1.807) is 10.8 Å². The zero-order valence-electron chi connectivity index (χ0n) is 11.8. The predicted octanol–water partition coefficient (Wildman–Crippen LogP) is 2.39. The lowest BCUT2D eigenvalue weighted by Gasteiger charge is -2.06. The van der Waals surface area contributed by atoms with Gasteiger partial charge in [0.15, 0.2) is 11.5 Å². The fraction of sp³-hybridized carbons (Fsp3) is 0.200. The van der Waals surface area contributed by atoms with Crippen molar-refractivity contribution in [2.45, 2.75) is 19.9 Å². The maximum absolute atomic E-state index is 4.68. The van der Waals surface area contributed by atoms with E-state index in [1.807, 2.05) is 55.2 Å². The first-order valence-corrected chi connectivity index (χ1v) is 6.83. The summed E-state index contributed by atoms with van der Waals surface area (Å²) in [6, 6.07) is 7.93. The molecule has 1 unspecified atom stereocenters. The molecule has 0 aliphatic carbocycles. The van der Waals surface area contributed by atoms with E-state index in [-0.39, 0.29) is 6.04 Å². The van der Waals surface area contributed by atoms with Crippen molar-refractivity contribution >= 4 is 16.6 Å². The van der Waals surface area contributed by atoms with Gasteiger partial charge in [0.2, 0.25) is 0 Å². The molecular weight excluding hydrogens is 264 g/mol. The lowest BCUT2D eigenvalue weighted by molar-refractivity contribution is 0.536. The van der Waals surface area contributed by atoms with E-state index in [9.17, 15) is 0 Å². The first kappa shape index (κ1) is 12.0. The Morgan fingerprint density at radius 1 is 1.19 bits per heavy atom. The van der Waals surface area contributed by atoms with Crippen molar-refractivity contribution in [3.8, 4) is 0 Å². The van der Waals surface area contributed by atoms with Gasteiger partial charge in [-0.15, -0.1) is 5.10 Å². The van der Waals surface area contributed by atoms with Crippen LogP contribution in [0.15, 0.2) is 43.0 Å². The molecule has 1 atom stereocenters. The molecule has 0 saturated carbocycles. The van der Waals surface area contributed by atoms with E-state index in [2.05, 4.69) is 20.2 Å². The van der Waals surface area contributed by atoms with Crippen LogP contribution in [0.4, 0.5) is 0 Å². The van der Waals surface area contributed by atoms with Gasteiger partial charge in [0.25, 0.3) is 0 Å². The van der Waals surface area contributed by atoms with E-state index in [1.165, 1.54) is 0 Å². The second kappa shape index (κ2) is 4.37. The van der Waals surface area contributed by atoms with Crippen LogP contribution in [0, 0.1) is 6.92 Å². The third-order valence-electron chi connectivity index (χ3n) is 3.60. The second-order valence-electron chi connectivity index (χ2n) is 5.17. The monoisotopic (exact) mass is 278 g/mol. The van der Waals surface area contributed by atoms with Gasteiger partial charge in [0, 0.05) is 11.6 Å². The van der Waals surface area contributed by atoms with Crippen LogP contribution in [0.3, 0.4) is 0 Å². The van der Waals surface area contributed by atoms with Crippen molar-refractivity contribution in [2.75, 3.05) is 0 Å². The molecule has 21 heavy (non-hydrogen) atoms. The number of rotatable bonds is 2. The van der Waals surface area contributed by atoms with Gasteiger partial charge >= 0.3 is 0 Å². The Kier molecular flexibility index (Phi) is 2.50. The highest BCUT2D eigenvalue weighted by Crippen LogP contribution is 2.19. The average Bonchev–Trinajstić information content (AvgIpc) is 3.12. The molecule has 0 spiro atoms. The minimum Gasteiger partial charge on any atom is -0.262 e. The van der Waals surface area contributed by atoms with Gasteiger partial charge in [-0.3, -0.25) is 4.68 Å². The summed E-state index contributed by atoms with van der Waals surface area (Å²) in [6.07, 6.45) is 5.53. The molecule has 0 saturated heterocycles. The fourth-order valence-electron chi connectivity index (χ4n) is 2.44. The van der Waals surface area contributed by atoms with Crippen LogP contribution in [-0.4, -0.2) is 29.4 Å². The second-order valence-corrected chi connectivity index (χ2v) is 5.17. The van der Waals surface area contributed by atoms with E-state index >= 15 is 0 Å². The molecule has 0 amide bonds. The average molecular weight is 278 g/mol. The number of para-hydroxylation sites is 1. The largest absolute Gasteiger partial charge is 0.262 e. The first-order valence-electron chi connectivity index (χ1n) is 6.83. The standard InChI is InChI=1S/C15H14N6/c1-10-7-17-20(8-10)11(2)14-18-15-12-5-3-4-6-13(12)16-9-21(15)19-14/h3-9,11H,1-2H3. The molecule has 0 N–H and O–H groups in total. The zero-order valence-corrected chi connectivity index (χ0v) is 11.8. The van der Waals surface area contributed by atoms with Gasteiger partial charge in [-0.1, -0.05) is 12.1 Å². The number of hydrogen-bond acceptors (Lipinski definition) is 4. The maximum Gasteiger partial charge on any atom is 0.176 e. The number of hydrogen-bond donors (Lipinski definition) is 0. The summed E-state index contributed by atoms with van der Waals surface area (Å²) in [5, 5.41) is 9.87. The van der Waals surface area contributed by atoms with E-state index < -0.39 is 0 Å². The van der Waals surface area contributed by atoms with Crippen molar-refractivity contribution in [1.29, 1.82) is 0 Å². The van der Waals surface area contributed by atoms with Gasteiger partial charge < -0.3 is 0 Å². The molecule has 0 aliphatic rings. The molecule has 6 heteroatoms. The fourth-order valence-corrected chi connectivity index (χ4v) is 2.44. The van der Waals surface area contributed by atoms with Crippen LogP contribution in [-0.2, 0) is 0 Å². The lowest BCUT2D eigenvalue weighted by Crippen LogP contribution is -2.09.